The van der Waals surface area contributed by atoms with Crippen LogP contribution in [0, 0.1) is 13.8 Å². The molecule has 1 aromatic carbocycles. The quantitative estimate of drug-likeness (QED) is 0.370. The van der Waals surface area contributed by atoms with Gasteiger partial charge in [0.15, 0.2) is 11.4 Å². The van der Waals surface area contributed by atoms with E-state index in [9.17, 15) is 13.2 Å². The summed E-state index contributed by atoms with van der Waals surface area (Å²) in [4.78, 5) is 22.1. The summed E-state index contributed by atoms with van der Waals surface area (Å²) >= 11 is 0. The molecule has 4 rings (SSSR count). The third-order valence-electron chi connectivity index (χ3n) is 4.30. The number of aromatic amines is 1. The molecule has 3 heterocycles. The number of nitrogens with one attached hydrogen (secondary N) is 3. The number of sulfonamides is 1. The maximum absolute atomic E-state index is 12.5. The SMILES string of the molecule is Cc1cc(C)n(-c2cc(NCCNS(=O)(=O)c3ccc4oc(=O)[nH]c4c3)ncn2)n1. The van der Waals surface area contributed by atoms with E-state index < -0.39 is 15.8 Å². The fourth-order valence-electron chi connectivity index (χ4n) is 2.98. The van der Waals surface area contributed by atoms with E-state index in [1.807, 2.05) is 19.9 Å². The van der Waals surface area contributed by atoms with Crippen molar-refractivity contribution < 1.29 is 12.8 Å². The molecular formula is C18H19N7O4S. The van der Waals surface area contributed by atoms with E-state index in [2.05, 4.69) is 30.1 Å². The summed E-state index contributed by atoms with van der Waals surface area (Å²) in [5.41, 5.74) is 2.44. The van der Waals surface area contributed by atoms with Gasteiger partial charge in [0, 0.05) is 24.8 Å². The summed E-state index contributed by atoms with van der Waals surface area (Å²) in [7, 11) is -3.75. The van der Waals surface area contributed by atoms with Gasteiger partial charge in [-0.25, -0.2) is 32.6 Å². The zero-order valence-electron chi connectivity index (χ0n) is 16.2. The zero-order valence-corrected chi connectivity index (χ0v) is 17.0. The normalized spacial score (nSPS) is 11.8. The topological polar surface area (TPSA) is 148 Å². The van der Waals surface area contributed by atoms with Crippen LogP contribution in [0.1, 0.15) is 11.4 Å². The van der Waals surface area contributed by atoms with Gasteiger partial charge in [0.25, 0.3) is 0 Å². The van der Waals surface area contributed by atoms with Gasteiger partial charge in [-0.15, -0.1) is 0 Å². The lowest BCUT2D eigenvalue weighted by molar-refractivity contribution is 0.555. The van der Waals surface area contributed by atoms with E-state index in [4.69, 9.17) is 4.42 Å². The Morgan fingerprint density at radius 3 is 2.73 bits per heavy atom. The number of benzene rings is 1. The van der Waals surface area contributed by atoms with Crippen LogP contribution in [0.2, 0.25) is 0 Å². The third-order valence-corrected chi connectivity index (χ3v) is 5.76. The molecule has 0 atom stereocenters. The zero-order chi connectivity index (χ0) is 21.3. The van der Waals surface area contributed by atoms with Gasteiger partial charge in [0.1, 0.15) is 12.1 Å². The van der Waals surface area contributed by atoms with Crippen molar-refractivity contribution in [1.82, 2.24) is 29.5 Å². The highest BCUT2D eigenvalue weighted by molar-refractivity contribution is 7.89. The number of hydrogen-bond donors (Lipinski definition) is 3. The molecule has 0 spiro atoms. The second kappa shape index (κ2) is 7.72. The minimum absolute atomic E-state index is 0.0286. The van der Waals surface area contributed by atoms with Crippen LogP contribution in [0.5, 0.6) is 0 Å². The van der Waals surface area contributed by atoms with Crippen LogP contribution >= 0.6 is 0 Å². The highest BCUT2D eigenvalue weighted by Gasteiger charge is 2.15. The molecule has 0 aliphatic heterocycles. The second-order valence-corrected chi connectivity index (χ2v) is 8.36. The minimum atomic E-state index is -3.75. The van der Waals surface area contributed by atoms with Crippen molar-refractivity contribution in [2.24, 2.45) is 0 Å². The highest BCUT2D eigenvalue weighted by Crippen LogP contribution is 2.16. The van der Waals surface area contributed by atoms with Gasteiger partial charge in [-0.3, -0.25) is 4.98 Å². The van der Waals surface area contributed by atoms with Gasteiger partial charge in [0.05, 0.1) is 16.1 Å². The lowest BCUT2D eigenvalue weighted by atomic mass is 10.3. The van der Waals surface area contributed by atoms with E-state index in [0.717, 1.165) is 11.4 Å². The molecule has 0 amide bonds. The Kier molecular flexibility index (Phi) is 5.10. The fraction of sp³-hybridized carbons (Fsp3) is 0.222. The lowest BCUT2D eigenvalue weighted by Gasteiger charge is -2.09. The van der Waals surface area contributed by atoms with Crippen molar-refractivity contribution in [3.63, 3.8) is 0 Å². The molecule has 156 valence electrons. The van der Waals surface area contributed by atoms with Gasteiger partial charge in [-0.2, -0.15) is 5.10 Å². The van der Waals surface area contributed by atoms with Gasteiger partial charge in [-0.05, 0) is 38.1 Å². The van der Waals surface area contributed by atoms with E-state index >= 15 is 0 Å². The van der Waals surface area contributed by atoms with Gasteiger partial charge >= 0.3 is 5.76 Å². The summed E-state index contributed by atoms with van der Waals surface area (Å²) in [6, 6.07) is 7.83. The molecule has 3 N–H and O–H groups in total. The Morgan fingerprint density at radius 2 is 1.97 bits per heavy atom. The maximum atomic E-state index is 12.5. The molecule has 30 heavy (non-hydrogen) atoms. The first kappa shape index (κ1) is 19.8. The smallest absolute Gasteiger partial charge is 0.408 e. The van der Waals surface area contributed by atoms with Crippen LogP contribution in [-0.4, -0.2) is 46.2 Å². The number of aryl methyl sites for hydroxylation is 2. The molecule has 0 saturated carbocycles. The van der Waals surface area contributed by atoms with Gasteiger partial charge in [0.2, 0.25) is 10.0 Å². The Labute approximate surface area is 171 Å². The highest BCUT2D eigenvalue weighted by atomic mass is 32.2. The summed E-state index contributed by atoms with van der Waals surface area (Å²) in [6.45, 7) is 4.26. The molecule has 12 heteroatoms. The Bertz CT molecular complexity index is 1370. The molecule has 11 nitrogen and oxygen atoms in total. The number of anilines is 1. The Morgan fingerprint density at radius 1 is 1.13 bits per heavy atom. The van der Waals surface area contributed by atoms with Crippen molar-refractivity contribution in [3.05, 3.63) is 58.6 Å². The van der Waals surface area contributed by atoms with Crippen molar-refractivity contribution >= 4 is 26.9 Å². The van der Waals surface area contributed by atoms with E-state index in [0.29, 0.717) is 29.3 Å². The van der Waals surface area contributed by atoms with E-state index in [1.54, 1.807) is 10.7 Å². The number of oxazole rings is 1. The number of nitrogens with zero attached hydrogens (tertiary/aromatic N) is 4. The predicted octanol–water partition coefficient (Wildman–Crippen LogP) is 1.10. The molecule has 0 unspecified atom stereocenters. The first-order chi connectivity index (χ1) is 14.3. The number of fused-ring (bicyclic) bond motifs is 1. The monoisotopic (exact) mass is 429 g/mol. The first-order valence-electron chi connectivity index (χ1n) is 9.04. The summed E-state index contributed by atoms with van der Waals surface area (Å²) in [6.07, 6.45) is 1.42. The predicted molar refractivity (Wildman–Crippen MR) is 109 cm³/mol. The maximum Gasteiger partial charge on any atom is 0.417 e. The summed E-state index contributed by atoms with van der Waals surface area (Å²) < 4.78 is 34.0. The molecule has 3 aromatic heterocycles. The molecule has 0 aliphatic rings. The van der Waals surface area contributed by atoms with Gasteiger partial charge < -0.3 is 9.73 Å². The van der Waals surface area contributed by atoms with Crippen molar-refractivity contribution in [2.75, 3.05) is 18.4 Å². The van der Waals surface area contributed by atoms with Crippen LogP contribution in [0.4, 0.5) is 5.82 Å². The van der Waals surface area contributed by atoms with E-state index in [-0.39, 0.29) is 11.4 Å². The first-order valence-corrected chi connectivity index (χ1v) is 10.5. The Balaban J connectivity index is 1.39. The lowest BCUT2D eigenvalue weighted by Crippen LogP contribution is -2.29. The second-order valence-electron chi connectivity index (χ2n) is 6.60. The van der Waals surface area contributed by atoms with Crippen LogP contribution in [0.25, 0.3) is 16.9 Å². The van der Waals surface area contributed by atoms with Crippen LogP contribution in [0.15, 0.2) is 50.8 Å². The Hall–Kier alpha value is -3.51. The molecule has 4 aromatic rings. The standard InChI is InChI=1S/C18H19N7O4S/c1-11-7-12(2)25(24-11)17-9-16(20-10-21-17)19-5-6-22-30(27,28)13-3-4-15-14(8-13)23-18(26)29-15/h3-4,7-10,22H,5-6H2,1-2H3,(H,23,26)(H,19,20,21). The molecule has 0 radical (unpaired) electrons. The third kappa shape index (κ3) is 4.09. The number of H-pyrrole nitrogens is 1. The average Bonchev–Trinajstić information content (AvgIpc) is 3.25. The van der Waals surface area contributed by atoms with Crippen molar-refractivity contribution in [3.8, 4) is 5.82 Å². The van der Waals surface area contributed by atoms with Crippen LogP contribution in [0.3, 0.4) is 0 Å². The molecule has 0 fully saturated rings. The largest absolute Gasteiger partial charge is 0.417 e. The molecule has 0 aliphatic carbocycles. The molecular weight excluding hydrogens is 410 g/mol. The van der Waals surface area contributed by atoms with Crippen LogP contribution < -0.4 is 15.8 Å². The summed E-state index contributed by atoms with van der Waals surface area (Å²) in [5.74, 6) is 0.520. The summed E-state index contributed by atoms with van der Waals surface area (Å²) in [5, 5.41) is 7.44. The van der Waals surface area contributed by atoms with Gasteiger partial charge in [-0.1, -0.05) is 0 Å². The fourth-order valence-corrected chi connectivity index (χ4v) is 4.04. The number of aromatic nitrogens is 5. The molecule has 0 bridgehead atoms. The average molecular weight is 429 g/mol. The van der Waals surface area contributed by atoms with Crippen molar-refractivity contribution in [1.29, 1.82) is 0 Å². The molecule has 0 saturated heterocycles. The van der Waals surface area contributed by atoms with E-state index in [1.165, 1.54) is 24.5 Å². The number of hydrogen-bond acceptors (Lipinski definition) is 8. The number of rotatable bonds is 7. The van der Waals surface area contributed by atoms with Crippen molar-refractivity contribution in [2.45, 2.75) is 18.7 Å². The minimum Gasteiger partial charge on any atom is -0.408 e. The van der Waals surface area contributed by atoms with Crippen LogP contribution in [-0.2, 0) is 10.0 Å².